The molecule has 7 nitrogen and oxygen atoms in total. The number of carboxylic acid groups (broad SMARTS) is 1. The molecule has 2 aliphatic carbocycles. The Labute approximate surface area is 193 Å². The van der Waals surface area contributed by atoms with Crippen LogP contribution in [0.2, 0.25) is 0 Å². The van der Waals surface area contributed by atoms with Gasteiger partial charge in [0.05, 0.1) is 0 Å². The van der Waals surface area contributed by atoms with Gasteiger partial charge in [-0.1, -0.05) is 48.5 Å². The lowest BCUT2D eigenvalue weighted by molar-refractivity contribution is -0.139. The first-order valence-corrected chi connectivity index (χ1v) is 11.4. The van der Waals surface area contributed by atoms with Crippen molar-refractivity contribution in [3.63, 3.8) is 0 Å². The van der Waals surface area contributed by atoms with Gasteiger partial charge in [-0.3, -0.25) is 9.59 Å². The number of benzene rings is 2. The van der Waals surface area contributed by atoms with E-state index in [0.29, 0.717) is 12.8 Å². The van der Waals surface area contributed by atoms with Crippen LogP contribution in [-0.4, -0.2) is 41.3 Å². The molecule has 0 unspecified atom stereocenters. The van der Waals surface area contributed by atoms with Gasteiger partial charge in [0.1, 0.15) is 6.61 Å². The van der Waals surface area contributed by atoms with Crippen LogP contribution in [0.3, 0.4) is 0 Å². The summed E-state index contributed by atoms with van der Waals surface area (Å²) < 4.78 is 5.58. The van der Waals surface area contributed by atoms with E-state index in [9.17, 15) is 14.4 Å². The number of aliphatic carboxylic acids is 1. The Morgan fingerprint density at radius 2 is 1.58 bits per heavy atom. The summed E-state index contributed by atoms with van der Waals surface area (Å²) in [7, 11) is 0. The number of hydrogen-bond acceptors (Lipinski definition) is 4. The van der Waals surface area contributed by atoms with Gasteiger partial charge in [0.25, 0.3) is 0 Å². The van der Waals surface area contributed by atoms with Crippen LogP contribution in [0.4, 0.5) is 4.79 Å². The van der Waals surface area contributed by atoms with Crippen LogP contribution in [0.25, 0.3) is 11.1 Å². The lowest BCUT2D eigenvalue weighted by atomic mass is 9.78. The van der Waals surface area contributed by atoms with Crippen LogP contribution in [0.1, 0.15) is 56.6 Å². The van der Waals surface area contributed by atoms with Gasteiger partial charge in [-0.15, -0.1) is 0 Å². The zero-order valence-corrected chi connectivity index (χ0v) is 19.0. The second-order valence-electron chi connectivity index (χ2n) is 9.71. The number of nitrogens with one attached hydrogen (secondary N) is 2. The number of hydrogen-bond donors (Lipinski definition) is 3. The number of rotatable bonds is 8. The minimum atomic E-state index is -0.807. The highest BCUT2D eigenvalue weighted by Crippen LogP contribution is 2.44. The van der Waals surface area contributed by atoms with Crippen molar-refractivity contribution in [2.24, 2.45) is 5.92 Å². The van der Waals surface area contributed by atoms with Crippen molar-refractivity contribution < 1.29 is 24.2 Å². The molecule has 1 saturated carbocycles. The molecule has 2 aliphatic rings. The van der Waals surface area contributed by atoms with Crippen molar-refractivity contribution in [2.75, 3.05) is 6.61 Å². The second kappa shape index (κ2) is 9.25. The second-order valence-corrected chi connectivity index (χ2v) is 9.71. The zero-order chi connectivity index (χ0) is 23.6. The largest absolute Gasteiger partial charge is 0.481 e. The Balaban J connectivity index is 1.26. The summed E-state index contributed by atoms with van der Waals surface area (Å²) in [6, 6.07) is 16.3. The fourth-order valence-electron chi connectivity index (χ4n) is 4.90. The summed E-state index contributed by atoms with van der Waals surface area (Å²) in [5, 5.41) is 14.6. The van der Waals surface area contributed by atoms with Gasteiger partial charge in [-0.05, 0) is 54.9 Å². The molecular formula is C26H30N2O5. The third kappa shape index (κ3) is 5.35. The molecule has 0 radical (unpaired) electrons. The molecule has 33 heavy (non-hydrogen) atoms. The van der Waals surface area contributed by atoms with E-state index in [1.807, 2.05) is 24.3 Å². The van der Waals surface area contributed by atoms with E-state index < -0.39 is 17.6 Å². The molecule has 2 amide bonds. The quantitative estimate of drug-likeness (QED) is 0.563. The Hall–Kier alpha value is -3.35. The van der Waals surface area contributed by atoms with E-state index >= 15 is 0 Å². The van der Waals surface area contributed by atoms with Gasteiger partial charge in [-0.25, -0.2) is 4.79 Å². The number of fused-ring (bicyclic) bond motifs is 3. The minimum Gasteiger partial charge on any atom is -0.481 e. The maximum atomic E-state index is 12.5. The molecule has 0 saturated heterocycles. The molecule has 174 valence electrons. The Morgan fingerprint density at radius 3 is 2.15 bits per heavy atom. The van der Waals surface area contributed by atoms with E-state index in [4.69, 9.17) is 9.84 Å². The Kier molecular flexibility index (Phi) is 6.40. The molecule has 4 rings (SSSR count). The monoisotopic (exact) mass is 450 g/mol. The predicted octanol–water partition coefficient (Wildman–Crippen LogP) is 4.06. The lowest BCUT2D eigenvalue weighted by Crippen LogP contribution is -2.50. The first-order valence-electron chi connectivity index (χ1n) is 11.4. The lowest BCUT2D eigenvalue weighted by Gasteiger charge is -2.36. The van der Waals surface area contributed by atoms with Gasteiger partial charge >= 0.3 is 12.1 Å². The van der Waals surface area contributed by atoms with Crippen LogP contribution >= 0.6 is 0 Å². The summed E-state index contributed by atoms with van der Waals surface area (Å²) in [6.45, 7) is 3.78. The molecule has 0 bridgehead atoms. The summed E-state index contributed by atoms with van der Waals surface area (Å²) >= 11 is 0. The van der Waals surface area contributed by atoms with Crippen molar-refractivity contribution in [1.29, 1.82) is 0 Å². The highest BCUT2D eigenvalue weighted by Gasteiger charge is 2.34. The average molecular weight is 451 g/mol. The van der Waals surface area contributed by atoms with Gasteiger partial charge in [0, 0.05) is 30.3 Å². The smallest absolute Gasteiger partial charge is 0.407 e. The van der Waals surface area contributed by atoms with Crippen LogP contribution < -0.4 is 10.6 Å². The van der Waals surface area contributed by atoms with Crippen LogP contribution in [-0.2, 0) is 14.3 Å². The fraction of sp³-hybridized carbons (Fsp3) is 0.423. The molecule has 1 fully saturated rings. The number of ether oxygens (including phenoxy) is 1. The topological polar surface area (TPSA) is 105 Å². The van der Waals surface area contributed by atoms with Gasteiger partial charge in [0.2, 0.25) is 5.91 Å². The molecule has 0 aliphatic heterocycles. The molecule has 2 aromatic carbocycles. The van der Waals surface area contributed by atoms with Crippen LogP contribution in [0, 0.1) is 5.92 Å². The third-order valence-electron chi connectivity index (χ3n) is 6.45. The third-order valence-corrected chi connectivity index (χ3v) is 6.45. The van der Waals surface area contributed by atoms with E-state index in [0.717, 1.165) is 11.1 Å². The number of carboxylic acids is 1. The maximum Gasteiger partial charge on any atom is 0.407 e. The van der Waals surface area contributed by atoms with Gasteiger partial charge in [0.15, 0.2) is 0 Å². The highest BCUT2D eigenvalue weighted by atomic mass is 16.5. The first kappa shape index (κ1) is 22.8. The summed E-state index contributed by atoms with van der Waals surface area (Å²) in [4.78, 5) is 35.7. The number of alkyl carbamates (subject to hydrolysis) is 1. The predicted molar refractivity (Wildman–Crippen MR) is 124 cm³/mol. The first-order chi connectivity index (χ1) is 15.7. The molecule has 3 N–H and O–H groups in total. The molecule has 0 atom stereocenters. The normalized spacial score (nSPS) is 19.1. The summed E-state index contributed by atoms with van der Waals surface area (Å²) in [5.41, 5.74) is 3.84. The van der Waals surface area contributed by atoms with Crippen molar-refractivity contribution in [3.8, 4) is 11.1 Å². The van der Waals surface area contributed by atoms with Crippen molar-refractivity contribution in [3.05, 3.63) is 59.7 Å². The highest BCUT2D eigenvalue weighted by molar-refractivity contribution is 5.80. The standard InChI is InChI=1S/C26H30N2O5/c1-26(2,14-23(29)27-17-11-16(12-17)13-24(30)31)28-25(32)33-15-22-20-9-5-3-7-18(20)19-8-4-6-10-21(19)22/h3-10,16-17,22H,11-15H2,1-2H3,(H,27,29)(H,28,32)(H,30,31). The minimum absolute atomic E-state index is 0.00658. The van der Waals surface area contributed by atoms with Gasteiger partial charge in [-0.2, -0.15) is 0 Å². The van der Waals surface area contributed by atoms with Crippen molar-refractivity contribution in [2.45, 2.75) is 57.0 Å². The Bertz CT molecular complexity index is 1010. The van der Waals surface area contributed by atoms with E-state index in [1.54, 1.807) is 13.8 Å². The van der Waals surface area contributed by atoms with E-state index in [-0.39, 0.29) is 43.2 Å². The SMILES string of the molecule is CC(C)(CC(=O)NC1CC(CC(=O)O)C1)NC(=O)OCC1c2ccccc2-c2ccccc21. The van der Waals surface area contributed by atoms with Crippen molar-refractivity contribution in [1.82, 2.24) is 10.6 Å². The average Bonchev–Trinajstić information content (AvgIpc) is 3.03. The van der Waals surface area contributed by atoms with E-state index in [1.165, 1.54) is 11.1 Å². The number of carbonyl (C=O) groups excluding carboxylic acids is 2. The maximum absolute atomic E-state index is 12.5. The number of carbonyl (C=O) groups is 3. The molecule has 0 aromatic heterocycles. The number of amides is 2. The van der Waals surface area contributed by atoms with Crippen molar-refractivity contribution >= 4 is 18.0 Å². The molecule has 0 heterocycles. The summed E-state index contributed by atoms with van der Waals surface area (Å²) in [6.07, 6.45) is 1.05. The Morgan fingerprint density at radius 1 is 1.00 bits per heavy atom. The van der Waals surface area contributed by atoms with Gasteiger partial charge < -0.3 is 20.5 Å². The fourth-order valence-corrected chi connectivity index (χ4v) is 4.90. The molecule has 2 aromatic rings. The van der Waals surface area contributed by atoms with Crippen LogP contribution in [0.15, 0.2) is 48.5 Å². The summed E-state index contributed by atoms with van der Waals surface area (Å²) in [5.74, 6) is -0.873. The zero-order valence-electron chi connectivity index (χ0n) is 19.0. The molecular weight excluding hydrogens is 420 g/mol. The molecule has 0 spiro atoms. The van der Waals surface area contributed by atoms with E-state index in [2.05, 4.69) is 34.9 Å². The molecule has 7 heteroatoms. The van der Waals surface area contributed by atoms with Crippen LogP contribution in [0.5, 0.6) is 0 Å².